The number of rotatable bonds is 8. The first kappa shape index (κ1) is 19.0. The molecule has 0 aromatic heterocycles. The summed E-state index contributed by atoms with van der Waals surface area (Å²) in [6.07, 6.45) is 14.5. The minimum Gasteiger partial charge on any atom is -0.0804 e. The van der Waals surface area contributed by atoms with Gasteiger partial charge in [0.15, 0.2) is 0 Å². The average molecular weight is 347 g/mol. The molecule has 0 aliphatic heterocycles. The molecule has 2 aromatic rings. The summed E-state index contributed by atoms with van der Waals surface area (Å²) in [5.74, 6) is 0.923. The molecule has 2 aromatic carbocycles. The van der Waals surface area contributed by atoms with Crippen LogP contribution in [0.4, 0.5) is 0 Å². The summed E-state index contributed by atoms with van der Waals surface area (Å²) in [6, 6.07) is 18.2. The van der Waals surface area contributed by atoms with E-state index < -0.39 is 0 Å². The van der Waals surface area contributed by atoms with Gasteiger partial charge in [-0.15, -0.1) is 0 Å². The Labute approximate surface area is 160 Å². The van der Waals surface area contributed by atoms with E-state index in [0.29, 0.717) is 0 Å². The molecule has 0 spiro atoms. The van der Waals surface area contributed by atoms with Crippen molar-refractivity contribution in [2.75, 3.05) is 0 Å². The Kier molecular flexibility index (Phi) is 7.12. The van der Waals surface area contributed by atoms with E-state index in [1.165, 1.54) is 73.6 Å². The minimum atomic E-state index is 0.923. The van der Waals surface area contributed by atoms with Crippen LogP contribution in [0.15, 0.2) is 54.6 Å². The molecule has 0 radical (unpaired) electrons. The number of benzene rings is 2. The molecule has 0 heteroatoms. The molecule has 1 aliphatic rings. The van der Waals surface area contributed by atoms with Gasteiger partial charge in [0.25, 0.3) is 0 Å². The largest absolute Gasteiger partial charge is 0.0804 e. The second-order valence-corrected chi connectivity index (χ2v) is 7.85. The lowest BCUT2D eigenvalue weighted by Crippen LogP contribution is -2.05. The molecule has 0 saturated carbocycles. The van der Waals surface area contributed by atoms with Crippen LogP contribution in [0.5, 0.6) is 0 Å². The highest BCUT2D eigenvalue weighted by Gasteiger charge is 2.15. The van der Waals surface area contributed by atoms with Crippen molar-refractivity contribution in [1.82, 2.24) is 0 Å². The Hall–Kier alpha value is -1.82. The van der Waals surface area contributed by atoms with Gasteiger partial charge >= 0.3 is 0 Å². The van der Waals surface area contributed by atoms with E-state index in [1.807, 2.05) is 0 Å². The molecule has 1 atom stereocenters. The second-order valence-electron chi connectivity index (χ2n) is 7.85. The van der Waals surface area contributed by atoms with E-state index in [0.717, 1.165) is 12.3 Å². The third-order valence-electron chi connectivity index (χ3n) is 5.94. The van der Waals surface area contributed by atoms with Gasteiger partial charge in [-0.25, -0.2) is 0 Å². The topological polar surface area (TPSA) is 0 Å². The van der Waals surface area contributed by atoms with Crippen LogP contribution in [0.2, 0.25) is 0 Å². The summed E-state index contributed by atoms with van der Waals surface area (Å²) < 4.78 is 0. The number of hydrogen-bond donors (Lipinski definition) is 0. The van der Waals surface area contributed by atoms with E-state index >= 15 is 0 Å². The quantitative estimate of drug-likeness (QED) is 0.424. The number of aryl methyl sites for hydroxylation is 1. The molecular weight excluding hydrogens is 312 g/mol. The zero-order valence-electron chi connectivity index (χ0n) is 16.6. The first-order chi connectivity index (χ1) is 12.8. The highest BCUT2D eigenvalue weighted by atomic mass is 14.2. The van der Waals surface area contributed by atoms with Gasteiger partial charge in [-0.05, 0) is 59.4 Å². The highest BCUT2D eigenvalue weighted by molar-refractivity contribution is 5.71. The number of unbranched alkanes of at least 4 members (excludes halogenated alkanes) is 3. The molecule has 1 aliphatic carbocycles. The minimum absolute atomic E-state index is 0.923. The molecule has 0 nitrogen and oxygen atoms in total. The van der Waals surface area contributed by atoms with Crippen LogP contribution in [-0.2, 0) is 6.42 Å². The van der Waals surface area contributed by atoms with Gasteiger partial charge < -0.3 is 0 Å². The lowest BCUT2D eigenvalue weighted by atomic mass is 9.83. The Bertz CT molecular complexity index is 688. The molecule has 0 amide bonds. The normalized spacial score (nSPS) is 17.2. The van der Waals surface area contributed by atoms with E-state index in [9.17, 15) is 0 Å². The third kappa shape index (κ3) is 5.10. The summed E-state index contributed by atoms with van der Waals surface area (Å²) in [6.45, 7) is 4.50. The number of allylic oxidation sites excluding steroid dienone is 2. The highest BCUT2D eigenvalue weighted by Crippen LogP contribution is 2.33. The van der Waals surface area contributed by atoms with Crippen LogP contribution in [0.1, 0.15) is 76.3 Å². The van der Waals surface area contributed by atoms with Crippen LogP contribution in [0, 0.1) is 5.92 Å². The maximum Gasteiger partial charge on any atom is -0.0184 e. The zero-order chi connectivity index (χ0) is 18.2. The van der Waals surface area contributed by atoms with Gasteiger partial charge in [0.2, 0.25) is 0 Å². The van der Waals surface area contributed by atoms with Crippen molar-refractivity contribution in [2.24, 2.45) is 5.92 Å². The van der Waals surface area contributed by atoms with Gasteiger partial charge in [-0.3, -0.25) is 0 Å². The van der Waals surface area contributed by atoms with E-state index in [2.05, 4.69) is 68.5 Å². The fraction of sp³-hybridized carbons (Fsp3) is 0.462. The first-order valence-electron chi connectivity index (χ1n) is 10.7. The van der Waals surface area contributed by atoms with Crippen LogP contribution in [0.25, 0.3) is 16.7 Å². The molecule has 3 rings (SSSR count). The Balaban J connectivity index is 1.57. The van der Waals surface area contributed by atoms with Crippen molar-refractivity contribution in [3.63, 3.8) is 0 Å². The molecule has 138 valence electrons. The molecule has 0 bridgehead atoms. The fourth-order valence-electron chi connectivity index (χ4n) is 4.08. The summed E-state index contributed by atoms with van der Waals surface area (Å²) in [4.78, 5) is 0. The number of hydrogen-bond acceptors (Lipinski definition) is 0. The Morgan fingerprint density at radius 2 is 1.42 bits per heavy atom. The van der Waals surface area contributed by atoms with Crippen LogP contribution >= 0.6 is 0 Å². The molecular formula is C26H34. The predicted octanol–water partition coefficient (Wildman–Crippen LogP) is 8.07. The van der Waals surface area contributed by atoms with Crippen molar-refractivity contribution >= 4 is 5.57 Å². The van der Waals surface area contributed by atoms with Gasteiger partial charge in [0, 0.05) is 0 Å². The van der Waals surface area contributed by atoms with Crippen LogP contribution in [-0.4, -0.2) is 0 Å². The van der Waals surface area contributed by atoms with Crippen molar-refractivity contribution in [3.05, 3.63) is 65.7 Å². The third-order valence-corrected chi connectivity index (χ3v) is 5.94. The first-order valence-corrected chi connectivity index (χ1v) is 10.7. The van der Waals surface area contributed by atoms with Gasteiger partial charge in [-0.2, -0.15) is 0 Å². The van der Waals surface area contributed by atoms with Gasteiger partial charge in [0.1, 0.15) is 0 Å². The maximum absolute atomic E-state index is 2.51. The van der Waals surface area contributed by atoms with Crippen molar-refractivity contribution in [1.29, 1.82) is 0 Å². The monoisotopic (exact) mass is 346 g/mol. The summed E-state index contributed by atoms with van der Waals surface area (Å²) >= 11 is 0. The summed E-state index contributed by atoms with van der Waals surface area (Å²) in [7, 11) is 0. The molecule has 0 heterocycles. The van der Waals surface area contributed by atoms with Gasteiger partial charge in [0.05, 0.1) is 0 Å². The molecule has 0 fully saturated rings. The van der Waals surface area contributed by atoms with E-state index in [4.69, 9.17) is 0 Å². The van der Waals surface area contributed by atoms with Crippen molar-refractivity contribution < 1.29 is 0 Å². The SMILES string of the molecule is CCCCCCC1CC=C(c2ccc(-c3ccc(CC)cc3)cc2)CC1. The lowest BCUT2D eigenvalue weighted by Gasteiger charge is -2.22. The standard InChI is InChI=1S/C26H34/c1-3-5-6-7-8-22-11-15-24(16-12-22)26-19-17-25(18-20-26)23-13-9-21(4-2)10-14-23/h9-10,13-15,17-20,22H,3-8,11-12,16H2,1-2H3. The van der Waals surface area contributed by atoms with Crippen LogP contribution in [0.3, 0.4) is 0 Å². The van der Waals surface area contributed by atoms with E-state index in [1.54, 1.807) is 5.57 Å². The summed E-state index contributed by atoms with van der Waals surface area (Å²) in [5, 5.41) is 0. The predicted molar refractivity (Wildman–Crippen MR) is 115 cm³/mol. The fourth-order valence-corrected chi connectivity index (χ4v) is 4.08. The van der Waals surface area contributed by atoms with Gasteiger partial charge in [-0.1, -0.05) is 101 Å². The molecule has 0 saturated heterocycles. The van der Waals surface area contributed by atoms with E-state index in [-0.39, 0.29) is 0 Å². The van der Waals surface area contributed by atoms with Crippen LogP contribution < -0.4 is 0 Å². The zero-order valence-corrected chi connectivity index (χ0v) is 16.6. The second kappa shape index (κ2) is 9.76. The maximum atomic E-state index is 2.51. The van der Waals surface area contributed by atoms with Crippen molar-refractivity contribution in [2.45, 2.75) is 71.6 Å². The smallest absolute Gasteiger partial charge is 0.0184 e. The van der Waals surface area contributed by atoms with Crippen molar-refractivity contribution in [3.8, 4) is 11.1 Å². The Morgan fingerprint density at radius 3 is 2.00 bits per heavy atom. The molecule has 0 N–H and O–H groups in total. The molecule has 26 heavy (non-hydrogen) atoms. The molecule has 1 unspecified atom stereocenters. The Morgan fingerprint density at radius 1 is 0.769 bits per heavy atom. The lowest BCUT2D eigenvalue weighted by molar-refractivity contribution is 0.425. The average Bonchev–Trinajstić information content (AvgIpc) is 2.72. The summed E-state index contributed by atoms with van der Waals surface area (Å²) in [5.41, 5.74) is 7.02.